The minimum Gasteiger partial charge on any atom is -0.463 e. The van der Waals surface area contributed by atoms with Gasteiger partial charge in [0.2, 0.25) is 0 Å². The van der Waals surface area contributed by atoms with Gasteiger partial charge in [0, 0.05) is 25.2 Å². The molecule has 1 fully saturated rings. The summed E-state index contributed by atoms with van der Waals surface area (Å²) in [6.07, 6.45) is 0. The molecular formula is C10H18N2O3. The zero-order valence-electron chi connectivity index (χ0n) is 9.12. The highest BCUT2D eigenvalue weighted by Gasteiger charge is 2.12. The van der Waals surface area contributed by atoms with E-state index in [1.807, 2.05) is 5.01 Å². The van der Waals surface area contributed by atoms with Crippen LogP contribution in [0.15, 0.2) is 12.2 Å². The van der Waals surface area contributed by atoms with E-state index >= 15 is 0 Å². The Labute approximate surface area is 90.0 Å². The highest BCUT2D eigenvalue weighted by molar-refractivity contribution is 5.88. The van der Waals surface area contributed by atoms with Gasteiger partial charge in [-0.15, -0.1) is 0 Å². The van der Waals surface area contributed by atoms with Crippen molar-refractivity contribution < 1.29 is 14.3 Å². The van der Waals surface area contributed by atoms with E-state index in [0.29, 0.717) is 18.7 Å². The van der Waals surface area contributed by atoms with Crippen molar-refractivity contribution >= 4 is 5.97 Å². The number of hydrogen-bond acceptors (Lipinski definition) is 5. The predicted molar refractivity (Wildman–Crippen MR) is 56.2 cm³/mol. The number of rotatable bonds is 5. The molecule has 0 spiro atoms. The van der Waals surface area contributed by atoms with Crippen LogP contribution in [0.1, 0.15) is 6.92 Å². The van der Waals surface area contributed by atoms with Gasteiger partial charge < -0.3 is 9.47 Å². The average molecular weight is 214 g/mol. The Bertz CT molecular complexity index is 225. The van der Waals surface area contributed by atoms with E-state index in [9.17, 15) is 4.79 Å². The zero-order chi connectivity index (χ0) is 11.1. The third-order valence-corrected chi connectivity index (χ3v) is 2.09. The topological polar surface area (TPSA) is 50.8 Å². The second-order valence-corrected chi connectivity index (χ2v) is 3.26. The molecule has 5 nitrogen and oxygen atoms in total. The standard InChI is InChI=1S/C10H18N2O3/c1-3-15-10(13)9(2)8-11-12-4-6-14-7-5-12/h11H,2-8H2,1H3. The van der Waals surface area contributed by atoms with Gasteiger partial charge in [-0.1, -0.05) is 6.58 Å². The lowest BCUT2D eigenvalue weighted by Crippen LogP contribution is -2.46. The lowest BCUT2D eigenvalue weighted by molar-refractivity contribution is -0.138. The first-order valence-electron chi connectivity index (χ1n) is 5.15. The van der Waals surface area contributed by atoms with Gasteiger partial charge in [-0.25, -0.2) is 9.80 Å². The zero-order valence-corrected chi connectivity index (χ0v) is 9.12. The van der Waals surface area contributed by atoms with Crippen LogP contribution in [0, 0.1) is 0 Å². The van der Waals surface area contributed by atoms with E-state index < -0.39 is 0 Å². The van der Waals surface area contributed by atoms with Gasteiger partial charge in [-0.2, -0.15) is 0 Å². The molecule has 1 aliphatic rings. The molecule has 5 heteroatoms. The first kappa shape index (κ1) is 12.2. The number of carbonyl (C=O) groups is 1. The Morgan fingerprint density at radius 2 is 2.20 bits per heavy atom. The molecule has 0 aliphatic carbocycles. The fraction of sp³-hybridized carbons (Fsp3) is 0.700. The van der Waals surface area contributed by atoms with Crippen molar-refractivity contribution in [1.29, 1.82) is 0 Å². The number of ether oxygens (including phenoxy) is 2. The van der Waals surface area contributed by atoms with Crippen LogP contribution in [-0.2, 0) is 14.3 Å². The van der Waals surface area contributed by atoms with Crippen molar-refractivity contribution in [3.63, 3.8) is 0 Å². The predicted octanol–water partition coefficient (Wildman–Crippen LogP) is -0.0575. The quantitative estimate of drug-likeness (QED) is 0.513. The minimum absolute atomic E-state index is 0.335. The molecule has 1 heterocycles. The van der Waals surface area contributed by atoms with E-state index in [1.54, 1.807) is 6.92 Å². The SMILES string of the molecule is C=C(CNN1CCOCC1)C(=O)OCC. The van der Waals surface area contributed by atoms with Gasteiger partial charge in [0.25, 0.3) is 0 Å². The summed E-state index contributed by atoms with van der Waals surface area (Å²) in [5.74, 6) is -0.335. The molecular weight excluding hydrogens is 196 g/mol. The van der Waals surface area contributed by atoms with Crippen molar-refractivity contribution in [3.05, 3.63) is 12.2 Å². The third kappa shape index (κ3) is 4.42. The molecule has 0 amide bonds. The van der Waals surface area contributed by atoms with Crippen molar-refractivity contribution in [2.75, 3.05) is 39.5 Å². The Hall–Kier alpha value is -0.910. The summed E-state index contributed by atoms with van der Waals surface area (Å²) in [5.41, 5.74) is 3.56. The van der Waals surface area contributed by atoms with Crippen LogP contribution < -0.4 is 5.43 Å². The molecule has 1 N–H and O–H groups in total. The number of nitrogens with one attached hydrogen (secondary N) is 1. The largest absolute Gasteiger partial charge is 0.463 e. The average Bonchev–Trinajstić information content (AvgIpc) is 2.27. The lowest BCUT2D eigenvalue weighted by atomic mass is 10.3. The molecule has 0 saturated carbocycles. The maximum Gasteiger partial charge on any atom is 0.334 e. The number of hydrogen-bond donors (Lipinski definition) is 1. The second-order valence-electron chi connectivity index (χ2n) is 3.26. The first-order chi connectivity index (χ1) is 7.24. The molecule has 1 aliphatic heterocycles. The molecule has 0 aromatic carbocycles. The molecule has 0 unspecified atom stereocenters. The molecule has 86 valence electrons. The fourth-order valence-corrected chi connectivity index (χ4v) is 1.23. The maximum absolute atomic E-state index is 11.2. The number of hydrazine groups is 1. The number of carbonyl (C=O) groups excluding carboxylic acids is 1. The Morgan fingerprint density at radius 3 is 2.80 bits per heavy atom. The van der Waals surface area contributed by atoms with Gasteiger partial charge in [0.05, 0.1) is 19.8 Å². The second kappa shape index (κ2) is 6.55. The summed E-state index contributed by atoms with van der Waals surface area (Å²) < 4.78 is 10.0. The monoisotopic (exact) mass is 214 g/mol. The van der Waals surface area contributed by atoms with Crippen LogP contribution in [0.3, 0.4) is 0 Å². The van der Waals surface area contributed by atoms with Gasteiger partial charge in [-0.05, 0) is 6.92 Å². The first-order valence-corrected chi connectivity index (χ1v) is 5.15. The molecule has 1 rings (SSSR count). The van der Waals surface area contributed by atoms with Crippen molar-refractivity contribution in [2.24, 2.45) is 0 Å². The maximum atomic E-state index is 11.2. The molecule has 1 saturated heterocycles. The van der Waals surface area contributed by atoms with Crippen LogP contribution in [0.2, 0.25) is 0 Å². The van der Waals surface area contributed by atoms with Crippen molar-refractivity contribution in [2.45, 2.75) is 6.92 Å². The summed E-state index contributed by atoms with van der Waals surface area (Å²) in [7, 11) is 0. The highest BCUT2D eigenvalue weighted by Crippen LogP contribution is 1.96. The molecule has 0 aromatic heterocycles. The smallest absolute Gasteiger partial charge is 0.334 e. The number of morpholine rings is 1. The van der Waals surface area contributed by atoms with Crippen LogP contribution in [0.25, 0.3) is 0 Å². The van der Waals surface area contributed by atoms with Crippen LogP contribution in [0.4, 0.5) is 0 Å². The van der Waals surface area contributed by atoms with E-state index in [1.165, 1.54) is 0 Å². The molecule has 0 radical (unpaired) electrons. The number of esters is 1. The van der Waals surface area contributed by atoms with Gasteiger partial charge in [-0.3, -0.25) is 5.43 Å². The molecule has 0 atom stereocenters. The van der Waals surface area contributed by atoms with Crippen LogP contribution in [-0.4, -0.2) is 50.4 Å². The Balaban J connectivity index is 2.17. The van der Waals surface area contributed by atoms with Gasteiger partial charge >= 0.3 is 5.97 Å². The summed E-state index contributed by atoms with van der Waals surface area (Å²) >= 11 is 0. The number of nitrogens with zero attached hydrogens (tertiary/aromatic N) is 1. The fourth-order valence-electron chi connectivity index (χ4n) is 1.23. The normalized spacial score (nSPS) is 17.4. The van der Waals surface area contributed by atoms with Crippen LogP contribution >= 0.6 is 0 Å². The highest BCUT2D eigenvalue weighted by atomic mass is 16.5. The van der Waals surface area contributed by atoms with E-state index in [-0.39, 0.29) is 5.97 Å². The van der Waals surface area contributed by atoms with Gasteiger partial charge in [0.15, 0.2) is 0 Å². The Kier molecular flexibility index (Phi) is 5.31. The van der Waals surface area contributed by atoms with E-state index in [2.05, 4.69) is 12.0 Å². The summed E-state index contributed by atoms with van der Waals surface area (Å²) in [4.78, 5) is 11.2. The van der Waals surface area contributed by atoms with Crippen molar-refractivity contribution in [3.8, 4) is 0 Å². The summed E-state index contributed by atoms with van der Waals surface area (Å²) in [6, 6.07) is 0. The summed E-state index contributed by atoms with van der Waals surface area (Å²) in [6.45, 7) is 9.36. The summed E-state index contributed by atoms with van der Waals surface area (Å²) in [5, 5.41) is 2.02. The van der Waals surface area contributed by atoms with E-state index in [4.69, 9.17) is 9.47 Å². The van der Waals surface area contributed by atoms with E-state index in [0.717, 1.165) is 26.3 Å². The molecule has 15 heavy (non-hydrogen) atoms. The third-order valence-electron chi connectivity index (χ3n) is 2.09. The minimum atomic E-state index is -0.335. The van der Waals surface area contributed by atoms with Crippen molar-refractivity contribution in [1.82, 2.24) is 10.4 Å². The lowest BCUT2D eigenvalue weighted by Gasteiger charge is -2.27. The molecule has 0 bridgehead atoms. The molecule has 0 aromatic rings. The van der Waals surface area contributed by atoms with Crippen LogP contribution in [0.5, 0.6) is 0 Å². The van der Waals surface area contributed by atoms with Gasteiger partial charge in [0.1, 0.15) is 0 Å². The Morgan fingerprint density at radius 1 is 1.53 bits per heavy atom.